The zero-order valence-corrected chi connectivity index (χ0v) is 17.2. The SMILES string of the molecule is O=C(Cn1nc2n(c1=O)CCCCC2)NCc1cccc(NC(=O)Cn2cccn2)c1. The summed E-state index contributed by atoms with van der Waals surface area (Å²) >= 11 is 0. The van der Waals surface area contributed by atoms with Gasteiger partial charge in [0.05, 0.1) is 0 Å². The van der Waals surface area contributed by atoms with Crippen LogP contribution in [0.25, 0.3) is 0 Å². The molecule has 0 bridgehead atoms. The normalized spacial score (nSPS) is 13.3. The molecule has 3 aromatic rings. The van der Waals surface area contributed by atoms with Crippen molar-refractivity contribution in [2.75, 3.05) is 5.32 Å². The van der Waals surface area contributed by atoms with Gasteiger partial charge in [-0.2, -0.15) is 10.2 Å². The molecule has 0 fully saturated rings. The molecule has 0 saturated carbocycles. The molecular formula is C21H25N7O3. The molecule has 1 aliphatic rings. The van der Waals surface area contributed by atoms with Gasteiger partial charge in [0, 0.05) is 37.6 Å². The fourth-order valence-electron chi connectivity index (χ4n) is 3.62. The third-order valence-corrected chi connectivity index (χ3v) is 5.14. The number of aromatic nitrogens is 5. The predicted molar refractivity (Wildman–Crippen MR) is 113 cm³/mol. The molecule has 31 heavy (non-hydrogen) atoms. The van der Waals surface area contributed by atoms with Crippen LogP contribution in [0.2, 0.25) is 0 Å². The van der Waals surface area contributed by atoms with Gasteiger partial charge in [-0.3, -0.25) is 18.8 Å². The third-order valence-electron chi connectivity index (χ3n) is 5.14. The minimum Gasteiger partial charge on any atom is -0.350 e. The zero-order chi connectivity index (χ0) is 21.6. The Kier molecular flexibility index (Phi) is 6.25. The van der Waals surface area contributed by atoms with E-state index in [1.807, 2.05) is 12.1 Å². The Morgan fingerprint density at radius 2 is 1.97 bits per heavy atom. The Morgan fingerprint density at radius 3 is 2.81 bits per heavy atom. The number of benzene rings is 1. The highest BCUT2D eigenvalue weighted by Crippen LogP contribution is 2.11. The van der Waals surface area contributed by atoms with Crippen molar-refractivity contribution in [1.29, 1.82) is 0 Å². The second-order valence-electron chi connectivity index (χ2n) is 7.55. The van der Waals surface area contributed by atoms with E-state index in [1.54, 1.807) is 35.2 Å². The molecule has 2 amide bonds. The molecule has 10 nitrogen and oxygen atoms in total. The van der Waals surface area contributed by atoms with Gasteiger partial charge in [-0.15, -0.1) is 0 Å². The summed E-state index contributed by atoms with van der Waals surface area (Å²) in [6.45, 7) is 0.954. The number of hydrogen-bond donors (Lipinski definition) is 2. The van der Waals surface area contributed by atoms with Crippen LogP contribution < -0.4 is 16.3 Å². The molecule has 0 unspecified atom stereocenters. The van der Waals surface area contributed by atoms with Gasteiger partial charge in [0.25, 0.3) is 0 Å². The van der Waals surface area contributed by atoms with Gasteiger partial charge < -0.3 is 10.6 Å². The molecule has 2 aromatic heterocycles. The number of anilines is 1. The summed E-state index contributed by atoms with van der Waals surface area (Å²) in [7, 11) is 0. The number of rotatable bonds is 7. The summed E-state index contributed by atoms with van der Waals surface area (Å²) in [6.07, 6.45) is 7.16. The maximum absolute atomic E-state index is 12.5. The average molecular weight is 423 g/mol. The van der Waals surface area contributed by atoms with Crippen LogP contribution in [0.5, 0.6) is 0 Å². The van der Waals surface area contributed by atoms with Crippen molar-refractivity contribution in [2.45, 2.75) is 51.9 Å². The molecule has 0 atom stereocenters. The fraction of sp³-hybridized carbons (Fsp3) is 0.381. The quantitative estimate of drug-likeness (QED) is 0.586. The number of nitrogens with one attached hydrogen (secondary N) is 2. The molecule has 1 aliphatic heterocycles. The predicted octanol–water partition coefficient (Wildman–Crippen LogP) is 0.923. The van der Waals surface area contributed by atoms with Crippen LogP contribution in [-0.4, -0.2) is 35.9 Å². The molecule has 1 aromatic carbocycles. The molecule has 10 heteroatoms. The molecule has 0 radical (unpaired) electrons. The van der Waals surface area contributed by atoms with E-state index in [0.717, 1.165) is 37.1 Å². The molecule has 0 saturated heterocycles. The van der Waals surface area contributed by atoms with Gasteiger partial charge in [0.15, 0.2) is 0 Å². The highest BCUT2D eigenvalue weighted by atomic mass is 16.2. The lowest BCUT2D eigenvalue weighted by Gasteiger charge is -2.09. The second-order valence-corrected chi connectivity index (χ2v) is 7.55. The maximum atomic E-state index is 12.5. The van der Waals surface area contributed by atoms with E-state index in [2.05, 4.69) is 20.8 Å². The topological polar surface area (TPSA) is 116 Å². The van der Waals surface area contributed by atoms with E-state index < -0.39 is 0 Å². The third kappa shape index (κ3) is 5.27. The lowest BCUT2D eigenvalue weighted by molar-refractivity contribution is -0.122. The number of amides is 2. The summed E-state index contributed by atoms with van der Waals surface area (Å²) < 4.78 is 4.45. The fourth-order valence-corrected chi connectivity index (χ4v) is 3.62. The number of nitrogens with zero attached hydrogens (tertiary/aromatic N) is 5. The highest BCUT2D eigenvalue weighted by Gasteiger charge is 2.17. The molecule has 162 valence electrons. The van der Waals surface area contributed by atoms with E-state index >= 15 is 0 Å². The number of carbonyl (C=O) groups is 2. The van der Waals surface area contributed by atoms with Crippen LogP contribution in [0.1, 0.15) is 30.7 Å². The van der Waals surface area contributed by atoms with Gasteiger partial charge in [0.2, 0.25) is 11.8 Å². The number of fused-ring (bicyclic) bond motifs is 1. The van der Waals surface area contributed by atoms with Gasteiger partial charge in [-0.25, -0.2) is 9.48 Å². The van der Waals surface area contributed by atoms with Crippen LogP contribution in [-0.2, 0) is 42.2 Å². The highest BCUT2D eigenvalue weighted by molar-refractivity contribution is 5.90. The van der Waals surface area contributed by atoms with E-state index in [0.29, 0.717) is 12.2 Å². The summed E-state index contributed by atoms with van der Waals surface area (Å²) in [6, 6.07) is 9.00. The first-order valence-electron chi connectivity index (χ1n) is 10.4. The lowest BCUT2D eigenvalue weighted by atomic mass is 10.2. The summed E-state index contributed by atoms with van der Waals surface area (Å²) in [4.78, 5) is 36.9. The van der Waals surface area contributed by atoms with Gasteiger partial charge in [-0.05, 0) is 36.6 Å². The molecule has 0 aliphatic carbocycles. The van der Waals surface area contributed by atoms with E-state index in [1.165, 1.54) is 9.36 Å². The van der Waals surface area contributed by atoms with Crippen LogP contribution >= 0.6 is 0 Å². The Hall–Kier alpha value is -3.69. The first kappa shape index (κ1) is 20.6. The molecule has 2 N–H and O–H groups in total. The molecule has 3 heterocycles. The average Bonchev–Trinajstić information content (AvgIpc) is 3.27. The van der Waals surface area contributed by atoms with Crippen molar-refractivity contribution in [1.82, 2.24) is 29.4 Å². The number of carbonyl (C=O) groups excluding carboxylic acids is 2. The van der Waals surface area contributed by atoms with Crippen LogP contribution in [0, 0.1) is 0 Å². The van der Waals surface area contributed by atoms with Gasteiger partial charge in [0.1, 0.15) is 18.9 Å². The molecule has 0 spiro atoms. The Morgan fingerprint density at radius 1 is 1.06 bits per heavy atom. The molecular weight excluding hydrogens is 398 g/mol. The second kappa shape index (κ2) is 9.41. The Labute approximate surface area is 178 Å². The number of hydrogen-bond acceptors (Lipinski definition) is 5. The zero-order valence-electron chi connectivity index (χ0n) is 17.2. The van der Waals surface area contributed by atoms with Crippen molar-refractivity contribution >= 4 is 17.5 Å². The number of aryl methyl sites for hydroxylation is 1. The smallest absolute Gasteiger partial charge is 0.346 e. The van der Waals surface area contributed by atoms with Crippen molar-refractivity contribution < 1.29 is 9.59 Å². The first-order chi connectivity index (χ1) is 15.1. The summed E-state index contributed by atoms with van der Waals surface area (Å²) in [5.41, 5.74) is 1.24. The van der Waals surface area contributed by atoms with Crippen molar-refractivity contribution in [3.8, 4) is 0 Å². The largest absolute Gasteiger partial charge is 0.350 e. The van der Waals surface area contributed by atoms with Gasteiger partial charge >= 0.3 is 5.69 Å². The maximum Gasteiger partial charge on any atom is 0.346 e. The summed E-state index contributed by atoms with van der Waals surface area (Å²) in [5, 5.41) is 14.0. The van der Waals surface area contributed by atoms with E-state index in [9.17, 15) is 14.4 Å². The van der Waals surface area contributed by atoms with Crippen LogP contribution in [0.15, 0.2) is 47.5 Å². The summed E-state index contributed by atoms with van der Waals surface area (Å²) in [5.74, 6) is 0.279. The van der Waals surface area contributed by atoms with E-state index in [4.69, 9.17) is 0 Å². The Balaban J connectivity index is 1.31. The van der Waals surface area contributed by atoms with E-state index in [-0.39, 0.29) is 37.1 Å². The Bertz CT molecular complexity index is 1110. The minimum atomic E-state index is -0.288. The lowest BCUT2D eigenvalue weighted by Crippen LogP contribution is -2.33. The van der Waals surface area contributed by atoms with Crippen molar-refractivity contribution in [3.63, 3.8) is 0 Å². The van der Waals surface area contributed by atoms with Crippen molar-refractivity contribution in [3.05, 3.63) is 64.6 Å². The van der Waals surface area contributed by atoms with Gasteiger partial charge in [-0.1, -0.05) is 18.6 Å². The van der Waals surface area contributed by atoms with Crippen molar-refractivity contribution in [2.24, 2.45) is 0 Å². The standard InChI is InChI=1S/C21H25N7O3/c29-19(15-28-21(31)27-11-3-1-2-8-18(27)25-28)22-13-16-6-4-7-17(12-16)24-20(30)14-26-10-5-9-23-26/h4-7,9-10,12H,1-3,8,11,13-15H2,(H,22,29)(H,24,30). The van der Waals surface area contributed by atoms with Crippen LogP contribution in [0.4, 0.5) is 5.69 Å². The minimum absolute atomic E-state index is 0.112. The monoisotopic (exact) mass is 423 g/mol. The molecule has 4 rings (SSSR count). The van der Waals surface area contributed by atoms with Crippen LogP contribution in [0.3, 0.4) is 0 Å². The first-order valence-corrected chi connectivity index (χ1v) is 10.4.